The van der Waals surface area contributed by atoms with Crippen LogP contribution in [0.4, 0.5) is 4.39 Å². The Morgan fingerprint density at radius 2 is 2.24 bits per heavy atom. The summed E-state index contributed by atoms with van der Waals surface area (Å²) in [4.78, 5) is 6.68. The molecule has 1 fully saturated rings. The van der Waals surface area contributed by atoms with E-state index in [1.165, 1.54) is 13.2 Å². The highest BCUT2D eigenvalue weighted by molar-refractivity contribution is 5.56. The van der Waals surface area contributed by atoms with Gasteiger partial charge in [-0.3, -0.25) is 4.90 Å². The Balaban J connectivity index is 1.79. The van der Waals surface area contributed by atoms with Crippen LogP contribution in [0.5, 0.6) is 5.75 Å². The van der Waals surface area contributed by atoms with E-state index in [0.29, 0.717) is 30.2 Å². The zero-order valence-electron chi connectivity index (χ0n) is 15.0. The van der Waals surface area contributed by atoms with Gasteiger partial charge in [0.1, 0.15) is 17.3 Å². The molecule has 0 aliphatic carbocycles. The smallest absolute Gasteiger partial charge is 0.229 e. The summed E-state index contributed by atoms with van der Waals surface area (Å²) in [5.74, 6) is 0.980. The lowest BCUT2D eigenvalue weighted by Gasteiger charge is -2.38. The molecule has 1 aromatic heterocycles. The van der Waals surface area contributed by atoms with Crippen molar-refractivity contribution in [3.63, 3.8) is 0 Å². The second-order valence-electron chi connectivity index (χ2n) is 6.76. The standard InChI is InChI=1S/C19H25FN2O3/c1-4-19(23)8-5-9-22(12-19)11-17-13(2)25-18(21-17)15-7-6-14(24-3)10-16(15)20/h6-7,10,23H,4-5,8-9,11-12H2,1-3H3/t19-/m0/s1. The third kappa shape index (κ3) is 3.85. The zero-order valence-corrected chi connectivity index (χ0v) is 15.0. The molecule has 25 heavy (non-hydrogen) atoms. The van der Waals surface area contributed by atoms with Gasteiger partial charge >= 0.3 is 0 Å². The van der Waals surface area contributed by atoms with Crippen molar-refractivity contribution in [2.45, 2.75) is 45.3 Å². The van der Waals surface area contributed by atoms with E-state index in [2.05, 4.69) is 9.88 Å². The first-order valence-electron chi connectivity index (χ1n) is 8.69. The molecule has 5 nitrogen and oxygen atoms in total. The Kier molecular flexibility index (Phi) is 5.11. The summed E-state index contributed by atoms with van der Waals surface area (Å²) < 4.78 is 25.0. The highest BCUT2D eigenvalue weighted by Crippen LogP contribution is 2.29. The molecule has 0 bridgehead atoms. The Labute approximate surface area is 147 Å². The molecule has 2 heterocycles. The molecule has 6 heteroatoms. The van der Waals surface area contributed by atoms with E-state index in [1.54, 1.807) is 12.1 Å². The van der Waals surface area contributed by atoms with Crippen LogP contribution in [0.15, 0.2) is 22.6 Å². The van der Waals surface area contributed by atoms with Crippen molar-refractivity contribution >= 4 is 0 Å². The van der Waals surface area contributed by atoms with Gasteiger partial charge in [-0.05, 0) is 44.9 Å². The number of aliphatic hydroxyl groups is 1. The van der Waals surface area contributed by atoms with Crippen LogP contribution in [-0.2, 0) is 6.54 Å². The average Bonchev–Trinajstić information content (AvgIpc) is 2.95. The summed E-state index contributed by atoms with van der Waals surface area (Å²) in [7, 11) is 1.50. The van der Waals surface area contributed by atoms with Gasteiger partial charge in [-0.15, -0.1) is 0 Å². The molecule has 0 spiro atoms. The van der Waals surface area contributed by atoms with Crippen molar-refractivity contribution in [1.29, 1.82) is 0 Å². The van der Waals surface area contributed by atoms with E-state index in [9.17, 15) is 9.50 Å². The van der Waals surface area contributed by atoms with Gasteiger partial charge in [0.05, 0.1) is 24.0 Å². The minimum atomic E-state index is -0.624. The van der Waals surface area contributed by atoms with Crippen molar-refractivity contribution in [2.24, 2.45) is 0 Å². The first kappa shape index (κ1) is 17.9. The van der Waals surface area contributed by atoms with Crippen LogP contribution in [0.25, 0.3) is 11.5 Å². The molecule has 0 amide bonds. The lowest BCUT2D eigenvalue weighted by Crippen LogP contribution is -2.47. The van der Waals surface area contributed by atoms with Gasteiger partial charge in [-0.2, -0.15) is 0 Å². The monoisotopic (exact) mass is 348 g/mol. The van der Waals surface area contributed by atoms with Crippen molar-refractivity contribution < 1.29 is 18.7 Å². The lowest BCUT2D eigenvalue weighted by atomic mass is 9.90. The zero-order chi connectivity index (χ0) is 18.0. The van der Waals surface area contributed by atoms with Crippen LogP contribution < -0.4 is 4.74 Å². The molecular formula is C19H25FN2O3. The third-order valence-electron chi connectivity index (χ3n) is 4.97. The van der Waals surface area contributed by atoms with Crippen molar-refractivity contribution in [2.75, 3.05) is 20.2 Å². The summed E-state index contributed by atoms with van der Waals surface area (Å²) in [5.41, 5.74) is 0.477. The van der Waals surface area contributed by atoms with Crippen LogP contribution in [0.1, 0.15) is 37.6 Å². The molecule has 3 rings (SSSR count). The molecule has 136 valence electrons. The largest absolute Gasteiger partial charge is 0.497 e. The molecule has 0 radical (unpaired) electrons. The minimum Gasteiger partial charge on any atom is -0.497 e. The number of aryl methyl sites for hydroxylation is 1. The first-order valence-corrected chi connectivity index (χ1v) is 8.69. The van der Waals surface area contributed by atoms with Crippen LogP contribution in [-0.4, -0.2) is 40.8 Å². The number of rotatable bonds is 5. The summed E-state index contributed by atoms with van der Waals surface area (Å²) in [6, 6.07) is 4.62. The fourth-order valence-corrected chi connectivity index (χ4v) is 3.33. The second kappa shape index (κ2) is 7.14. The number of ether oxygens (including phenoxy) is 1. The summed E-state index contributed by atoms with van der Waals surface area (Å²) in [5, 5.41) is 10.5. The fraction of sp³-hybridized carbons (Fsp3) is 0.526. The first-order chi connectivity index (χ1) is 11.9. The van der Waals surface area contributed by atoms with Gasteiger partial charge in [0.15, 0.2) is 0 Å². The van der Waals surface area contributed by atoms with Gasteiger partial charge in [-0.25, -0.2) is 9.37 Å². The van der Waals surface area contributed by atoms with Gasteiger partial charge in [0, 0.05) is 19.2 Å². The second-order valence-corrected chi connectivity index (χ2v) is 6.76. The Hall–Kier alpha value is -1.92. The highest BCUT2D eigenvalue weighted by atomic mass is 19.1. The molecule has 0 unspecified atom stereocenters. The van der Waals surface area contributed by atoms with Crippen LogP contribution in [0.2, 0.25) is 0 Å². The predicted octanol–water partition coefficient (Wildman–Crippen LogP) is 3.53. The molecule has 1 atom stereocenters. The Bertz CT molecular complexity index is 746. The van der Waals surface area contributed by atoms with E-state index < -0.39 is 11.4 Å². The third-order valence-corrected chi connectivity index (χ3v) is 4.97. The van der Waals surface area contributed by atoms with Gasteiger partial charge < -0.3 is 14.3 Å². The molecule has 0 saturated carbocycles. The number of nitrogens with zero attached hydrogens (tertiary/aromatic N) is 2. The number of hydrogen-bond donors (Lipinski definition) is 1. The fourth-order valence-electron chi connectivity index (χ4n) is 3.33. The predicted molar refractivity (Wildman–Crippen MR) is 92.9 cm³/mol. The van der Waals surface area contributed by atoms with Crippen LogP contribution >= 0.6 is 0 Å². The SMILES string of the molecule is CC[C@]1(O)CCCN(Cc2nc(-c3ccc(OC)cc3F)oc2C)C1. The van der Waals surface area contributed by atoms with E-state index in [1.807, 2.05) is 13.8 Å². The number of benzene rings is 1. The number of β-amino-alcohol motifs (C(OH)–C–C–N with tert-alkyl or cyclic N) is 1. The average molecular weight is 348 g/mol. The summed E-state index contributed by atoms with van der Waals surface area (Å²) in [6.07, 6.45) is 2.53. The topological polar surface area (TPSA) is 58.7 Å². The number of halogens is 1. The molecule has 2 aromatic rings. The number of piperidine rings is 1. The number of oxazole rings is 1. The summed E-state index contributed by atoms with van der Waals surface area (Å²) >= 11 is 0. The van der Waals surface area contributed by atoms with Crippen molar-refractivity contribution in [3.8, 4) is 17.2 Å². The maximum atomic E-state index is 14.2. The molecular weight excluding hydrogens is 323 g/mol. The molecule has 1 aliphatic rings. The Morgan fingerprint density at radius 1 is 1.44 bits per heavy atom. The van der Waals surface area contributed by atoms with Crippen molar-refractivity contribution in [3.05, 3.63) is 35.5 Å². The molecule has 1 aliphatic heterocycles. The maximum Gasteiger partial charge on any atom is 0.229 e. The van der Waals surface area contributed by atoms with Crippen LogP contribution in [0.3, 0.4) is 0 Å². The minimum absolute atomic E-state index is 0.274. The van der Waals surface area contributed by atoms with E-state index in [0.717, 1.165) is 31.5 Å². The van der Waals surface area contributed by atoms with E-state index in [-0.39, 0.29) is 5.89 Å². The van der Waals surface area contributed by atoms with E-state index in [4.69, 9.17) is 9.15 Å². The van der Waals surface area contributed by atoms with Gasteiger partial charge in [0.25, 0.3) is 0 Å². The maximum absolute atomic E-state index is 14.2. The summed E-state index contributed by atoms with van der Waals surface area (Å²) in [6.45, 7) is 5.98. The van der Waals surface area contributed by atoms with Gasteiger partial charge in [0.2, 0.25) is 5.89 Å². The van der Waals surface area contributed by atoms with E-state index >= 15 is 0 Å². The number of hydrogen-bond acceptors (Lipinski definition) is 5. The highest BCUT2D eigenvalue weighted by Gasteiger charge is 2.32. The molecule has 1 N–H and O–H groups in total. The van der Waals surface area contributed by atoms with Gasteiger partial charge in [-0.1, -0.05) is 6.92 Å². The number of likely N-dealkylation sites (tertiary alicyclic amines) is 1. The molecule has 1 aromatic carbocycles. The normalized spacial score (nSPS) is 21.5. The quantitative estimate of drug-likeness (QED) is 0.896. The molecule has 1 saturated heterocycles. The number of aromatic nitrogens is 1. The van der Waals surface area contributed by atoms with Crippen molar-refractivity contribution in [1.82, 2.24) is 9.88 Å². The van der Waals surface area contributed by atoms with Crippen LogP contribution in [0, 0.1) is 12.7 Å². The Morgan fingerprint density at radius 3 is 2.92 bits per heavy atom. The number of methoxy groups -OCH3 is 1. The lowest BCUT2D eigenvalue weighted by molar-refractivity contribution is -0.0361.